The van der Waals surface area contributed by atoms with Crippen LogP contribution < -0.4 is 0 Å². The van der Waals surface area contributed by atoms with Gasteiger partial charge in [-0.1, -0.05) is 22.0 Å². The lowest BCUT2D eigenvalue weighted by atomic mass is 10.4. The summed E-state index contributed by atoms with van der Waals surface area (Å²) in [7, 11) is 0. The van der Waals surface area contributed by atoms with Gasteiger partial charge in [0.25, 0.3) is 0 Å². The van der Waals surface area contributed by atoms with Crippen LogP contribution in [0.3, 0.4) is 0 Å². The second-order valence-corrected chi connectivity index (χ2v) is 2.58. The summed E-state index contributed by atoms with van der Waals surface area (Å²) in [5.41, 5.74) is 0. The van der Waals surface area contributed by atoms with E-state index in [0.717, 1.165) is 0 Å². The summed E-state index contributed by atoms with van der Waals surface area (Å²) in [6.07, 6.45) is 3.61. The molecule has 0 saturated carbocycles. The van der Waals surface area contributed by atoms with Crippen molar-refractivity contribution in [3.05, 3.63) is 12.7 Å². The molecule has 1 unspecified atom stereocenters. The SMILES string of the molecule is C=CC(Br)CN=CC=O. The Hall–Kier alpha value is -0.440. The van der Waals surface area contributed by atoms with Crippen molar-refractivity contribution in [2.75, 3.05) is 6.54 Å². The van der Waals surface area contributed by atoms with Gasteiger partial charge in [0.15, 0.2) is 6.29 Å². The number of nitrogens with zero attached hydrogens (tertiary/aromatic N) is 1. The average Bonchev–Trinajstić information content (AvgIpc) is 1.89. The fourth-order valence-corrected chi connectivity index (χ4v) is 0.446. The maximum absolute atomic E-state index is 9.68. The second-order valence-electron chi connectivity index (χ2n) is 1.40. The van der Waals surface area contributed by atoms with Gasteiger partial charge in [0.1, 0.15) is 0 Å². The zero-order chi connectivity index (χ0) is 7.11. The molecule has 0 rings (SSSR count). The van der Waals surface area contributed by atoms with Crippen LogP contribution >= 0.6 is 15.9 Å². The van der Waals surface area contributed by atoms with Gasteiger partial charge in [-0.3, -0.25) is 9.79 Å². The number of alkyl halides is 1. The Kier molecular flexibility index (Phi) is 5.41. The van der Waals surface area contributed by atoms with Gasteiger partial charge in [-0.05, 0) is 0 Å². The normalized spacial score (nSPS) is 13.4. The van der Waals surface area contributed by atoms with Gasteiger partial charge in [0, 0.05) is 0 Å². The minimum atomic E-state index is 0.175. The van der Waals surface area contributed by atoms with E-state index in [-0.39, 0.29) is 4.83 Å². The molecule has 9 heavy (non-hydrogen) atoms. The van der Waals surface area contributed by atoms with Crippen molar-refractivity contribution in [1.82, 2.24) is 0 Å². The molecule has 2 nitrogen and oxygen atoms in total. The van der Waals surface area contributed by atoms with Crippen LogP contribution in [0.15, 0.2) is 17.6 Å². The van der Waals surface area contributed by atoms with Crippen LogP contribution in [0.25, 0.3) is 0 Å². The molecule has 3 heteroatoms. The highest BCUT2D eigenvalue weighted by Gasteiger charge is 1.91. The third kappa shape index (κ3) is 5.43. The van der Waals surface area contributed by atoms with Gasteiger partial charge in [0.2, 0.25) is 0 Å². The lowest BCUT2D eigenvalue weighted by Crippen LogP contribution is -1.96. The molecule has 0 N–H and O–H groups in total. The largest absolute Gasteiger partial charge is 0.297 e. The van der Waals surface area contributed by atoms with Crippen molar-refractivity contribution in [1.29, 1.82) is 0 Å². The fourth-order valence-electron chi connectivity index (χ4n) is 0.279. The first-order valence-corrected chi connectivity index (χ1v) is 3.43. The van der Waals surface area contributed by atoms with Gasteiger partial charge >= 0.3 is 0 Å². The van der Waals surface area contributed by atoms with E-state index in [9.17, 15) is 4.79 Å². The second kappa shape index (κ2) is 5.69. The highest BCUT2D eigenvalue weighted by Crippen LogP contribution is 1.98. The Morgan fingerprint density at radius 3 is 2.89 bits per heavy atom. The van der Waals surface area contributed by atoms with Crippen LogP contribution in [0.1, 0.15) is 0 Å². The standard InChI is InChI=1S/C6H8BrNO/c1-2-6(7)5-8-3-4-9/h2-4,6H,1,5H2. The van der Waals surface area contributed by atoms with E-state index in [1.807, 2.05) is 0 Å². The predicted octanol–water partition coefficient (Wildman–Crippen LogP) is 1.21. The highest BCUT2D eigenvalue weighted by atomic mass is 79.9. The molecule has 0 saturated heterocycles. The van der Waals surface area contributed by atoms with Crippen LogP contribution in [-0.2, 0) is 4.79 Å². The van der Waals surface area contributed by atoms with Crippen molar-refractivity contribution in [2.24, 2.45) is 4.99 Å². The van der Waals surface area contributed by atoms with Gasteiger partial charge in [0.05, 0.1) is 17.6 Å². The number of carbonyl (C=O) groups excluding carboxylic acids is 1. The molecular weight excluding hydrogens is 182 g/mol. The van der Waals surface area contributed by atoms with Gasteiger partial charge in [-0.2, -0.15) is 0 Å². The minimum absolute atomic E-state index is 0.175. The first kappa shape index (κ1) is 8.56. The summed E-state index contributed by atoms with van der Waals surface area (Å²) in [6, 6.07) is 0. The molecule has 0 aromatic carbocycles. The smallest absolute Gasteiger partial charge is 0.160 e. The summed E-state index contributed by atoms with van der Waals surface area (Å²) in [6.45, 7) is 4.10. The maximum Gasteiger partial charge on any atom is 0.160 e. The maximum atomic E-state index is 9.68. The van der Waals surface area contributed by atoms with Crippen molar-refractivity contribution in [3.8, 4) is 0 Å². The van der Waals surface area contributed by atoms with Crippen LogP contribution in [0.4, 0.5) is 0 Å². The molecule has 0 amide bonds. The quantitative estimate of drug-likeness (QED) is 0.283. The number of aldehydes is 1. The number of halogens is 1. The average molecular weight is 190 g/mol. The Morgan fingerprint density at radius 2 is 2.44 bits per heavy atom. The lowest BCUT2D eigenvalue weighted by Gasteiger charge is -1.94. The van der Waals surface area contributed by atoms with Crippen LogP contribution in [0.5, 0.6) is 0 Å². The predicted molar refractivity (Wildman–Crippen MR) is 42.3 cm³/mol. The van der Waals surface area contributed by atoms with Crippen molar-refractivity contribution >= 4 is 28.4 Å². The van der Waals surface area contributed by atoms with Crippen LogP contribution in [-0.4, -0.2) is 23.9 Å². The monoisotopic (exact) mass is 189 g/mol. The molecular formula is C6H8BrNO. The van der Waals surface area contributed by atoms with Crippen molar-refractivity contribution < 1.29 is 4.79 Å². The molecule has 0 aliphatic carbocycles. The molecule has 0 aromatic rings. The van der Waals surface area contributed by atoms with Gasteiger partial charge < -0.3 is 0 Å². The summed E-state index contributed by atoms with van der Waals surface area (Å²) < 4.78 is 0. The van der Waals surface area contributed by atoms with Crippen LogP contribution in [0.2, 0.25) is 0 Å². The van der Waals surface area contributed by atoms with E-state index in [0.29, 0.717) is 12.8 Å². The topological polar surface area (TPSA) is 29.4 Å². The first-order chi connectivity index (χ1) is 4.31. The summed E-state index contributed by atoms with van der Waals surface area (Å²) in [4.78, 5) is 13.6. The molecule has 0 radical (unpaired) electrons. The van der Waals surface area contributed by atoms with E-state index < -0.39 is 0 Å². The summed E-state index contributed by atoms with van der Waals surface area (Å²) in [5, 5.41) is 0. The Balaban J connectivity index is 3.36. The first-order valence-electron chi connectivity index (χ1n) is 2.51. The number of aliphatic imine (C=N–C) groups is 1. The number of carbonyl (C=O) groups is 1. The van der Waals surface area contributed by atoms with E-state index in [1.165, 1.54) is 6.21 Å². The number of hydrogen-bond donors (Lipinski definition) is 0. The lowest BCUT2D eigenvalue weighted by molar-refractivity contribution is -0.102. The van der Waals surface area contributed by atoms with Gasteiger partial charge in [-0.15, -0.1) is 6.58 Å². The molecule has 0 bridgehead atoms. The Labute approximate surface area is 62.8 Å². The Bertz CT molecular complexity index is 122. The third-order valence-electron chi connectivity index (χ3n) is 0.702. The molecule has 0 fully saturated rings. The fraction of sp³-hybridized carbons (Fsp3) is 0.333. The number of rotatable bonds is 4. The summed E-state index contributed by atoms with van der Waals surface area (Å²) >= 11 is 3.26. The van der Waals surface area contributed by atoms with E-state index in [2.05, 4.69) is 27.5 Å². The Morgan fingerprint density at radius 1 is 1.78 bits per heavy atom. The molecule has 0 spiro atoms. The van der Waals surface area contributed by atoms with Crippen LogP contribution in [0, 0.1) is 0 Å². The molecule has 0 heterocycles. The minimum Gasteiger partial charge on any atom is -0.297 e. The molecule has 0 aliphatic rings. The molecule has 50 valence electrons. The zero-order valence-corrected chi connectivity index (χ0v) is 6.54. The third-order valence-corrected chi connectivity index (χ3v) is 1.37. The molecule has 1 atom stereocenters. The van der Waals surface area contributed by atoms with E-state index in [4.69, 9.17) is 0 Å². The number of hydrogen-bond acceptors (Lipinski definition) is 2. The van der Waals surface area contributed by atoms with Crippen molar-refractivity contribution in [3.63, 3.8) is 0 Å². The van der Waals surface area contributed by atoms with E-state index in [1.54, 1.807) is 6.08 Å². The van der Waals surface area contributed by atoms with Gasteiger partial charge in [-0.25, -0.2) is 0 Å². The summed E-state index contributed by atoms with van der Waals surface area (Å²) in [5.74, 6) is 0. The molecule has 0 aromatic heterocycles. The molecule has 0 aliphatic heterocycles. The van der Waals surface area contributed by atoms with Crippen molar-refractivity contribution in [2.45, 2.75) is 4.83 Å². The van der Waals surface area contributed by atoms with E-state index >= 15 is 0 Å². The zero-order valence-electron chi connectivity index (χ0n) is 4.96. The highest BCUT2D eigenvalue weighted by molar-refractivity contribution is 9.09.